The monoisotopic (exact) mass is 318 g/mol. The van der Waals surface area contributed by atoms with E-state index >= 15 is 0 Å². The van der Waals surface area contributed by atoms with Crippen molar-refractivity contribution in [1.82, 2.24) is 10.2 Å². The summed E-state index contributed by atoms with van der Waals surface area (Å²) < 4.78 is 0. The molecule has 1 amide bonds. The molecule has 1 aromatic carbocycles. The Kier molecular flexibility index (Phi) is 6.76. The fraction of sp³-hybridized carbons (Fsp3) is 0.500. The van der Waals surface area contributed by atoms with E-state index in [4.69, 9.17) is 23.2 Å². The van der Waals surface area contributed by atoms with Gasteiger partial charge in [-0.15, -0.1) is 0 Å². The molecule has 1 atom stereocenters. The van der Waals surface area contributed by atoms with E-state index in [1.54, 1.807) is 18.2 Å². The van der Waals surface area contributed by atoms with Gasteiger partial charge in [0, 0.05) is 28.2 Å². The molecule has 0 saturated carbocycles. The topological polar surface area (TPSA) is 52.6 Å². The predicted octanol–water partition coefficient (Wildman–Crippen LogP) is 2.48. The average molecular weight is 319 g/mol. The molecule has 0 spiro atoms. The lowest BCUT2D eigenvalue weighted by Crippen LogP contribution is -2.39. The molecule has 0 aliphatic rings. The van der Waals surface area contributed by atoms with Gasteiger partial charge in [-0.3, -0.25) is 9.69 Å². The highest BCUT2D eigenvalue weighted by Gasteiger charge is 2.17. The summed E-state index contributed by atoms with van der Waals surface area (Å²) in [6, 6.07) is 5.29. The lowest BCUT2D eigenvalue weighted by Gasteiger charge is -2.21. The Labute approximate surface area is 129 Å². The third kappa shape index (κ3) is 4.94. The van der Waals surface area contributed by atoms with Crippen molar-refractivity contribution in [3.8, 4) is 0 Å². The predicted molar refractivity (Wildman–Crippen MR) is 82.2 cm³/mol. The largest absolute Gasteiger partial charge is 0.386 e. The van der Waals surface area contributed by atoms with Gasteiger partial charge in [-0.2, -0.15) is 0 Å². The smallest absolute Gasteiger partial charge is 0.234 e. The fourth-order valence-corrected chi connectivity index (χ4v) is 2.26. The third-order valence-corrected chi connectivity index (χ3v) is 3.76. The quantitative estimate of drug-likeness (QED) is 0.847. The van der Waals surface area contributed by atoms with Crippen LogP contribution in [0.2, 0.25) is 10.0 Å². The van der Waals surface area contributed by atoms with Gasteiger partial charge in [-0.1, -0.05) is 29.3 Å². The van der Waals surface area contributed by atoms with Crippen molar-refractivity contribution in [3.05, 3.63) is 33.8 Å². The molecule has 20 heavy (non-hydrogen) atoms. The van der Waals surface area contributed by atoms with Gasteiger partial charge in [0.25, 0.3) is 0 Å². The zero-order chi connectivity index (χ0) is 15.3. The van der Waals surface area contributed by atoms with Crippen molar-refractivity contribution in [3.63, 3.8) is 0 Å². The van der Waals surface area contributed by atoms with E-state index in [-0.39, 0.29) is 25.0 Å². The fourth-order valence-electron chi connectivity index (χ4n) is 1.61. The molecule has 2 N–H and O–H groups in total. The number of rotatable bonds is 6. The Morgan fingerprint density at radius 1 is 1.35 bits per heavy atom. The summed E-state index contributed by atoms with van der Waals surface area (Å²) in [7, 11) is 1.87. The van der Waals surface area contributed by atoms with Crippen LogP contribution < -0.4 is 5.32 Å². The summed E-state index contributed by atoms with van der Waals surface area (Å²) in [4.78, 5) is 13.6. The number of amides is 1. The first kappa shape index (κ1) is 17.2. The number of benzene rings is 1. The molecule has 1 rings (SSSR count). The number of halogens is 2. The zero-order valence-corrected chi connectivity index (χ0v) is 13.4. The van der Waals surface area contributed by atoms with Crippen molar-refractivity contribution < 1.29 is 9.90 Å². The SMILES string of the molecule is CC(C)N(C)CC(=O)NCC(O)c1c(Cl)cccc1Cl. The Hall–Kier alpha value is -0.810. The second-order valence-electron chi connectivity index (χ2n) is 4.96. The molecule has 6 heteroatoms. The maximum atomic E-state index is 11.7. The summed E-state index contributed by atoms with van der Waals surface area (Å²) in [5.74, 6) is -0.150. The number of aliphatic hydroxyl groups excluding tert-OH is 1. The van der Waals surface area contributed by atoms with E-state index in [1.807, 2.05) is 25.8 Å². The number of nitrogens with zero attached hydrogens (tertiary/aromatic N) is 1. The van der Waals surface area contributed by atoms with Gasteiger partial charge >= 0.3 is 0 Å². The van der Waals surface area contributed by atoms with Crippen LogP contribution in [0.15, 0.2) is 18.2 Å². The summed E-state index contributed by atoms with van der Waals surface area (Å²) >= 11 is 12.0. The van der Waals surface area contributed by atoms with Crippen molar-refractivity contribution in [2.24, 2.45) is 0 Å². The van der Waals surface area contributed by atoms with Crippen molar-refractivity contribution in [2.75, 3.05) is 20.1 Å². The molecule has 0 bridgehead atoms. The standard InChI is InChI=1S/C14H20Cl2N2O2/c1-9(2)18(3)8-13(20)17-7-12(19)14-10(15)5-4-6-11(14)16/h4-6,9,12,19H,7-8H2,1-3H3,(H,17,20). The van der Waals surface area contributed by atoms with Crippen molar-refractivity contribution in [2.45, 2.75) is 26.0 Å². The minimum absolute atomic E-state index is 0.0776. The maximum Gasteiger partial charge on any atom is 0.234 e. The summed E-state index contributed by atoms with van der Waals surface area (Å²) in [5, 5.41) is 13.5. The molecule has 0 aliphatic heterocycles. The van der Waals surface area contributed by atoms with Crippen LogP contribution in [-0.4, -0.2) is 42.1 Å². The molecule has 112 valence electrons. The third-order valence-electron chi connectivity index (χ3n) is 3.10. The second-order valence-corrected chi connectivity index (χ2v) is 5.78. The molecule has 0 aromatic heterocycles. The Bertz CT molecular complexity index is 446. The van der Waals surface area contributed by atoms with E-state index in [2.05, 4.69) is 5.32 Å². The van der Waals surface area contributed by atoms with Crippen LogP contribution >= 0.6 is 23.2 Å². The normalized spacial score (nSPS) is 12.8. The first-order chi connectivity index (χ1) is 9.32. The number of hydrogen-bond donors (Lipinski definition) is 2. The van der Waals surface area contributed by atoms with Gasteiger partial charge in [-0.25, -0.2) is 0 Å². The highest BCUT2D eigenvalue weighted by atomic mass is 35.5. The van der Waals surface area contributed by atoms with Crippen LogP contribution in [-0.2, 0) is 4.79 Å². The second kappa shape index (κ2) is 7.84. The van der Waals surface area contributed by atoms with Gasteiger partial charge in [0.2, 0.25) is 5.91 Å². The maximum absolute atomic E-state index is 11.7. The highest BCUT2D eigenvalue weighted by molar-refractivity contribution is 6.36. The van der Waals surface area contributed by atoms with E-state index in [0.717, 1.165) is 0 Å². The van der Waals surface area contributed by atoms with Crippen LogP contribution in [0.1, 0.15) is 25.5 Å². The van der Waals surface area contributed by atoms with Gasteiger partial charge in [0.15, 0.2) is 0 Å². The minimum atomic E-state index is -0.926. The van der Waals surface area contributed by atoms with E-state index < -0.39 is 6.10 Å². The van der Waals surface area contributed by atoms with E-state index in [0.29, 0.717) is 15.6 Å². The van der Waals surface area contributed by atoms with Crippen molar-refractivity contribution >= 4 is 29.1 Å². The minimum Gasteiger partial charge on any atom is -0.386 e. The Balaban J connectivity index is 2.55. The average Bonchev–Trinajstić information content (AvgIpc) is 2.36. The lowest BCUT2D eigenvalue weighted by molar-refractivity contribution is -0.122. The lowest BCUT2D eigenvalue weighted by atomic mass is 10.1. The number of carbonyl (C=O) groups is 1. The van der Waals surface area contributed by atoms with Crippen LogP contribution in [0, 0.1) is 0 Å². The molecule has 0 aliphatic carbocycles. The zero-order valence-electron chi connectivity index (χ0n) is 11.9. The van der Waals surface area contributed by atoms with Gasteiger partial charge in [-0.05, 0) is 33.0 Å². The van der Waals surface area contributed by atoms with Crippen LogP contribution in [0.5, 0.6) is 0 Å². The van der Waals surface area contributed by atoms with E-state index in [9.17, 15) is 9.90 Å². The molecule has 0 saturated heterocycles. The molecule has 1 aromatic rings. The first-order valence-electron chi connectivity index (χ1n) is 6.41. The first-order valence-corrected chi connectivity index (χ1v) is 7.17. The molecule has 1 unspecified atom stereocenters. The number of aliphatic hydroxyl groups is 1. The molecule has 4 nitrogen and oxygen atoms in total. The number of hydrogen-bond acceptors (Lipinski definition) is 3. The van der Waals surface area contributed by atoms with Gasteiger partial charge < -0.3 is 10.4 Å². The van der Waals surface area contributed by atoms with Crippen molar-refractivity contribution in [1.29, 1.82) is 0 Å². The van der Waals surface area contributed by atoms with Crippen LogP contribution in [0.3, 0.4) is 0 Å². The summed E-state index contributed by atoms with van der Waals surface area (Å²) in [6.45, 7) is 4.37. The summed E-state index contributed by atoms with van der Waals surface area (Å²) in [6.07, 6.45) is -0.926. The Morgan fingerprint density at radius 3 is 2.40 bits per heavy atom. The molecular formula is C14H20Cl2N2O2. The molecule has 0 radical (unpaired) electrons. The Morgan fingerprint density at radius 2 is 1.90 bits per heavy atom. The number of carbonyl (C=O) groups excluding carboxylic acids is 1. The van der Waals surface area contributed by atoms with Gasteiger partial charge in [0.1, 0.15) is 0 Å². The molecular weight excluding hydrogens is 299 g/mol. The molecule has 0 heterocycles. The number of nitrogens with one attached hydrogen (secondary N) is 1. The highest BCUT2D eigenvalue weighted by Crippen LogP contribution is 2.29. The van der Waals surface area contributed by atoms with E-state index in [1.165, 1.54) is 0 Å². The number of likely N-dealkylation sites (N-methyl/N-ethyl adjacent to an activating group) is 1. The van der Waals surface area contributed by atoms with Crippen LogP contribution in [0.25, 0.3) is 0 Å². The van der Waals surface area contributed by atoms with Gasteiger partial charge in [0.05, 0.1) is 12.6 Å². The van der Waals surface area contributed by atoms with Crippen LogP contribution in [0.4, 0.5) is 0 Å². The summed E-state index contributed by atoms with van der Waals surface area (Å²) in [5.41, 5.74) is 0.438. The molecule has 0 fully saturated rings.